The first-order valence-electron chi connectivity index (χ1n) is 37.9. The lowest BCUT2D eigenvalue weighted by Gasteiger charge is -2.32. The second-order valence-electron chi connectivity index (χ2n) is 40.3. The number of amides is 2. The predicted molar refractivity (Wildman–Crippen MR) is 423 cm³/mol. The van der Waals surface area contributed by atoms with Crippen molar-refractivity contribution >= 4 is 63.7 Å². The first-order chi connectivity index (χ1) is 47.9. The van der Waals surface area contributed by atoms with Crippen LogP contribution in [0.1, 0.15) is 294 Å². The van der Waals surface area contributed by atoms with Crippen molar-refractivity contribution in [3.05, 3.63) is 0 Å². The van der Waals surface area contributed by atoms with Crippen LogP contribution in [0.4, 0.5) is 0 Å². The minimum atomic E-state index is -4.40. The van der Waals surface area contributed by atoms with E-state index in [1.165, 1.54) is 0 Å². The van der Waals surface area contributed by atoms with Crippen LogP contribution in [0, 0.1) is 70.9 Å². The summed E-state index contributed by atoms with van der Waals surface area (Å²) in [6, 6.07) is 0. The molecule has 0 aliphatic rings. The number of methoxy groups -OCH3 is 1. The normalized spacial score (nSPS) is 13.4. The van der Waals surface area contributed by atoms with Gasteiger partial charge in [0, 0.05) is 44.9 Å². The van der Waals surface area contributed by atoms with Crippen molar-refractivity contribution in [1.29, 1.82) is 0 Å². The van der Waals surface area contributed by atoms with Gasteiger partial charge < -0.3 is 72.5 Å². The molecule has 0 saturated heterocycles. The van der Waals surface area contributed by atoms with Gasteiger partial charge in [-0.1, -0.05) is 125 Å². The molecule has 0 aromatic heterocycles. The topological polar surface area (TPSA) is 350 Å². The van der Waals surface area contributed by atoms with Crippen molar-refractivity contribution in [2.24, 2.45) is 70.9 Å². The smallest absolute Gasteiger partial charge is 0.311 e. The molecule has 108 heavy (non-hydrogen) atoms. The summed E-state index contributed by atoms with van der Waals surface area (Å²) in [6.45, 7) is 72.8. The highest BCUT2D eigenvalue weighted by Gasteiger charge is 2.33. The lowest BCUT2D eigenvalue weighted by atomic mass is 9.79. The highest BCUT2D eigenvalue weighted by molar-refractivity contribution is 7.86. The van der Waals surface area contributed by atoms with Gasteiger partial charge in [-0.05, 0) is 189 Å². The van der Waals surface area contributed by atoms with E-state index in [1.807, 2.05) is 145 Å². The highest BCUT2D eigenvalue weighted by atomic mass is 32.2. The highest BCUT2D eigenvalue weighted by Crippen LogP contribution is 2.31. The Bertz CT molecular complexity index is 2680. The number of nitrogens with one attached hydrogen (secondary N) is 2. The van der Waals surface area contributed by atoms with Crippen LogP contribution in [0.3, 0.4) is 0 Å². The number of hydrogen-bond acceptors (Lipinski definition) is 23. The molecular formula is C82H158N2O23S-2. The van der Waals surface area contributed by atoms with Crippen molar-refractivity contribution in [1.82, 2.24) is 10.6 Å². The quantitative estimate of drug-likeness (QED) is 0.0273. The first kappa shape index (κ1) is 114. The second kappa shape index (κ2) is 51.6. The molecule has 0 spiro atoms. The van der Waals surface area contributed by atoms with E-state index in [0.29, 0.717) is 90.7 Å². The number of rotatable bonds is 32. The van der Waals surface area contributed by atoms with Crippen LogP contribution in [0.25, 0.3) is 0 Å². The molecule has 642 valence electrons. The molecule has 0 radical (unpaired) electrons. The Labute approximate surface area is 655 Å². The van der Waals surface area contributed by atoms with Gasteiger partial charge in [0.1, 0.15) is 12.7 Å². The Balaban J connectivity index is -0.000000296. The standard InChI is InChI=1S/C21H41NO7.C14H27NO3.C13H24O4.C12H24O5S.C12H24O2.C10H20O2/c1-20(2,3)14-18(23)22-15-17(16-29-19(24)21(4,5)6)28-13-12-27-11-10-26-9-8-25-7;1-13(2,3)10-11(16)15-8-7-9-18-12(17)14(4,5)6;1-12(2,3)9(10(14)15)7-8-17-11(16)13(4,5)6;1-11(2,3)9(18(14,15)16)7-8-17-10(13)12(4,5)6;1-11(2,3)8-7-9-14-10(13)12(4,5)6;1-9(2,3)7-12-8(11)10(4,5)6/h17H,8-16H2,1-7H3,(H,22,23);7-10H2,1-6H3,(H,15,16);9H,7-8H2,1-6H3,(H,14,15);9H,7-8H2,1-6H3,(H,14,15,16);7-9H2,1-6H3;7H2,1-6H3/p-2. The van der Waals surface area contributed by atoms with Gasteiger partial charge in [-0.2, -0.15) is 0 Å². The van der Waals surface area contributed by atoms with E-state index >= 15 is 0 Å². The van der Waals surface area contributed by atoms with Gasteiger partial charge in [0.15, 0.2) is 0 Å². The van der Waals surface area contributed by atoms with Gasteiger partial charge in [0.25, 0.3) is 0 Å². The molecule has 3 atom stereocenters. The number of aliphatic carboxylic acids is 1. The maximum atomic E-state index is 12.1. The molecule has 0 bridgehead atoms. The lowest BCUT2D eigenvalue weighted by molar-refractivity contribution is -0.315. The van der Waals surface area contributed by atoms with E-state index < -0.39 is 71.8 Å². The third-order valence-corrected chi connectivity index (χ3v) is 15.7. The summed E-state index contributed by atoms with van der Waals surface area (Å²) in [6.07, 6.45) is 3.48. The van der Waals surface area contributed by atoms with Crippen molar-refractivity contribution in [3.63, 3.8) is 0 Å². The Kier molecular flexibility index (Phi) is 54.4. The van der Waals surface area contributed by atoms with Crippen molar-refractivity contribution in [3.8, 4) is 0 Å². The van der Waals surface area contributed by atoms with E-state index in [2.05, 4.69) is 31.4 Å². The average molecular weight is 1570 g/mol. The largest absolute Gasteiger partial charge is 0.748 e. The van der Waals surface area contributed by atoms with E-state index in [-0.39, 0.29) is 108 Å². The van der Waals surface area contributed by atoms with E-state index in [0.717, 1.165) is 12.8 Å². The Morgan fingerprint density at radius 2 is 0.704 bits per heavy atom. The van der Waals surface area contributed by atoms with Crippen molar-refractivity contribution in [2.45, 2.75) is 306 Å². The van der Waals surface area contributed by atoms with Crippen LogP contribution in [0.5, 0.6) is 0 Å². The molecule has 0 aromatic rings. The summed E-state index contributed by atoms with van der Waals surface area (Å²) in [5.41, 5.74) is -3.78. The molecule has 0 aromatic carbocycles. The van der Waals surface area contributed by atoms with Gasteiger partial charge in [-0.25, -0.2) is 8.42 Å². The number of ether oxygens (including phenoxy) is 10. The van der Waals surface area contributed by atoms with Gasteiger partial charge in [-0.3, -0.25) is 38.4 Å². The van der Waals surface area contributed by atoms with E-state index in [1.54, 1.807) is 90.2 Å². The van der Waals surface area contributed by atoms with Crippen LogP contribution in [-0.4, -0.2) is 177 Å². The third kappa shape index (κ3) is 72.5. The Morgan fingerprint density at radius 1 is 0.370 bits per heavy atom. The summed E-state index contributed by atoms with van der Waals surface area (Å²) in [4.78, 5) is 104. The maximum absolute atomic E-state index is 12.1. The number of carboxylic acids is 1. The van der Waals surface area contributed by atoms with Crippen LogP contribution in [0.15, 0.2) is 0 Å². The van der Waals surface area contributed by atoms with Crippen molar-refractivity contribution < 1.29 is 109 Å². The molecule has 2 N–H and O–H groups in total. The molecule has 0 aliphatic heterocycles. The average Bonchev–Trinajstić information content (AvgIpc) is 0.833. The van der Waals surface area contributed by atoms with Crippen LogP contribution < -0.4 is 15.7 Å². The fraction of sp³-hybridized carbons (Fsp3) is 0.890. The monoisotopic (exact) mass is 1570 g/mol. The number of hydrogen-bond donors (Lipinski definition) is 2. The molecular weight excluding hydrogens is 1410 g/mol. The predicted octanol–water partition coefficient (Wildman–Crippen LogP) is 14.0. The number of carbonyl (C=O) groups is 9. The minimum Gasteiger partial charge on any atom is -0.748 e. The number of carboxylic acid groups (broad SMARTS) is 1. The first-order valence-corrected chi connectivity index (χ1v) is 39.4. The Morgan fingerprint density at radius 3 is 1.03 bits per heavy atom. The fourth-order valence-corrected chi connectivity index (χ4v) is 8.90. The minimum absolute atomic E-state index is 0.00276. The summed E-state index contributed by atoms with van der Waals surface area (Å²) >= 11 is 0. The van der Waals surface area contributed by atoms with Gasteiger partial charge >= 0.3 is 35.8 Å². The summed E-state index contributed by atoms with van der Waals surface area (Å²) in [5.74, 6) is -3.19. The maximum Gasteiger partial charge on any atom is 0.311 e. The summed E-state index contributed by atoms with van der Waals surface area (Å²) in [7, 11) is -2.77. The van der Waals surface area contributed by atoms with Gasteiger partial charge in [-0.15, -0.1) is 0 Å². The Hall–Kier alpha value is -5.02. The van der Waals surface area contributed by atoms with Gasteiger partial charge in [0.05, 0.1) is 121 Å². The molecule has 3 unspecified atom stereocenters. The number of esters is 6. The fourth-order valence-electron chi connectivity index (χ4n) is 7.64. The lowest BCUT2D eigenvalue weighted by Crippen LogP contribution is -2.40. The van der Waals surface area contributed by atoms with Crippen molar-refractivity contribution in [2.75, 3.05) is 99.5 Å². The van der Waals surface area contributed by atoms with E-state index in [9.17, 15) is 61.2 Å². The van der Waals surface area contributed by atoms with Gasteiger partial charge in [0.2, 0.25) is 11.8 Å². The SMILES string of the molecule is CC(C)(C)C(=O)OCCC(C(=O)[O-])C(C)(C)C.CC(C)(C)C(=O)OCCC(C(C)(C)C)S(=O)(=O)[O-].CC(C)(C)CC(=O)NCCCOC(=O)C(C)(C)C.CC(C)(C)CCCOC(=O)C(C)(C)C.CC(C)(C)COC(=O)C(C)(C)C.COCCOCCOCCOC(CNC(=O)CC(C)(C)C)COC(=O)C(C)(C)C. The third-order valence-electron chi connectivity index (χ3n) is 14.1. The second-order valence-corrected chi connectivity index (χ2v) is 41.9. The van der Waals surface area contributed by atoms with Crippen LogP contribution in [0.2, 0.25) is 0 Å². The molecule has 0 heterocycles. The zero-order valence-corrected chi connectivity index (χ0v) is 75.7. The zero-order valence-electron chi connectivity index (χ0n) is 74.9. The molecule has 2 amide bonds. The molecule has 25 nitrogen and oxygen atoms in total. The molecule has 0 fully saturated rings. The molecule has 0 aliphatic carbocycles. The molecule has 0 saturated carbocycles. The molecule has 26 heteroatoms. The van der Waals surface area contributed by atoms with E-state index in [4.69, 9.17) is 47.4 Å². The van der Waals surface area contributed by atoms with Crippen LogP contribution >= 0.6 is 0 Å². The van der Waals surface area contributed by atoms with Crippen LogP contribution in [-0.2, 0) is 101 Å². The zero-order chi connectivity index (χ0) is 86.8. The molecule has 0 rings (SSSR count). The summed E-state index contributed by atoms with van der Waals surface area (Å²) < 4.78 is 85.6. The summed E-state index contributed by atoms with van der Waals surface area (Å²) in [5, 5.41) is 15.6. The number of carbonyl (C=O) groups excluding carboxylic acids is 9.